The molecule has 0 aliphatic carbocycles. The van der Waals surface area contributed by atoms with Gasteiger partial charge in [0, 0.05) is 4.88 Å². The smallest absolute Gasteiger partial charge is 0.339 e. The number of anilines is 1. The molecule has 6 nitrogen and oxygen atoms in total. The van der Waals surface area contributed by atoms with E-state index in [0.717, 1.165) is 4.88 Å². The molecule has 2 amide bonds. The van der Waals surface area contributed by atoms with Crippen LogP contribution in [0.5, 0.6) is 0 Å². The van der Waals surface area contributed by atoms with Gasteiger partial charge in [0.2, 0.25) is 0 Å². The third-order valence-electron chi connectivity index (χ3n) is 2.29. The third-order valence-corrected chi connectivity index (χ3v) is 3.20. The number of hydrogen-bond acceptors (Lipinski definition) is 5. The normalized spacial score (nSPS) is 13.5. The third kappa shape index (κ3) is 4.88. The summed E-state index contributed by atoms with van der Waals surface area (Å²) in [4.78, 5) is 24.0. The molecule has 1 atom stereocenters. The van der Waals surface area contributed by atoms with E-state index in [-0.39, 0.29) is 13.2 Å². The molecule has 1 rings (SSSR count). The van der Waals surface area contributed by atoms with Gasteiger partial charge in [-0.25, -0.2) is 9.59 Å². The summed E-state index contributed by atoms with van der Waals surface area (Å²) in [5.41, 5.74) is -1.74. The molecule has 0 fully saturated rings. The van der Waals surface area contributed by atoms with Gasteiger partial charge in [0.25, 0.3) is 0 Å². The fourth-order valence-corrected chi connectivity index (χ4v) is 2.03. The van der Waals surface area contributed by atoms with Crippen LogP contribution in [0.4, 0.5) is 9.80 Å². The van der Waals surface area contributed by atoms with Gasteiger partial charge in [-0.15, -0.1) is 11.3 Å². The van der Waals surface area contributed by atoms with Crippen molar-refractivity contribution in [1.29, 1.82) is 0 Å². The van der Waals surface area contributed by atoms with E-state index < -0.39 is 17.6 Å². The Morgan fingerprint density at radius 2 is 2.16 bits per heavy atom. The zero-order chi connectivity index (χ0) is 14.5. The number of thiophene rings is 1. The van der Waals surface area contributed by atoms with Crippen molar-refractivity contribution in [1.82, 2.24) is 5.32 Å². The number of urea groups is 1. The number of carbonyl (C=O) groups excluding carboxylic acids is 2. The molecule has 19 heavy (non-hydrogen) atoms. The van der Waals surface area contributed by atoms with E-state index in [1.165, 1.54) is 18.3 Å². The van der Waals surface area contributed by atoms with E-state index in [1.807, 2.05) is 13.0 Å². The average Bonchev–Trinajstić information content (AvgIpc) is 2.72. The van der Waals surface area contributed by atoms with Gasteiger partial charge in [-0.05, 0) is 32.9 Å². The maximum Gasteiger partial charge on any atom is 0.339 e. The summed E-state index contributed by atoms with van der Waals surface area (Å²) in [7, 11) is 0. The molecule has 0 unspecified atom stereocenters. The number of nitrogens with one attached hydrogen (secondary N) is 2. The van der Waals surface area contributed by atoms with E-state index in [1.54, 1.807) is 13.0 Å². The van der Waals surface area contributed by atoms with Crippen LogP contribution in [0.2, 0.25) is 0 Å². The van der Waals surface area contributed by atoms with Crippen LogP contribution in [0.3, 0.4) is 0 Å². The first-order valence-electron chi connectivity index (χ1n) is 5.86. The van der Waals surface area contributed by atoms with Crippen molar-refractivity contribution in [3.63, 3.8) is 0 Å². The quantitative estimate of drug-likeness (QED) is 0.716. The van der Waals surface area contributed by atoms with Crippen molar-refractivity contribution >= 4 is 28.3 Å². The second-order valence-electron chi connectivity index (χ2n) is 4.21. The van der Waals surface area contributed by atoms with Crippen LogP contribution >= 0.6 is 11.3 Å². The molecule has 0 bridgehead atoms. The molecule has 7 heteroatoms. The van der Waals surface area contributed by atoms with Gasteiger partial charge in [0.15, 0.2) is 5.60 Å². The van der Waals surface area contributed by atoms with Gasteiger partial charge in [-0.1, -0.05) is 0 Å². The molecule has 0 spiro atoms. The fourth-order valence-electron chi connectivity index (χ4n) is 1.27. The number of hydrogen-bond donors (Lipinski definition) is 3. The van der Waals surface area contributed by atoms with Crippen LogP contribution in [-0.2, 0) is 9.53 Å². The molecule has 106 valence electrons. The van der Waals surface area contributed by atoms with Crippen molar-refractivity contribution in [2.45, 2.75) is 26.4 Å². The highest BCUT2D eigenvalue weighted by molar-refractivity contribution is 7.16. The van der Waals surface area contributed by atoms with Crippen molar-refractivity contribution in [2.24, 2.45) is 0 Å². The Hall–Kier alpha value is -1.60. The second-order valence-corrected chi connectivity index (χ2v) is 5.50. The zero-order valence-corrected chi connectivity index (χ0v) is 12.0. The van der Waals surface area contributed by atoms with E-state index in [4.69, 9.17) is 4.74 Å². The summed E-state index contributed by atoms with van der Waals surface area (Å²) >= 11 is 1.44. The first kappa shape index (κ1) is 15.5. The Kier molecular flexibility index (Phi) is 5.31. The number of ether oxygens (including phenoxy) is 1. The number of aryl methyl sites for hydroxylation is 1. The molecule has 0 radical (unpaired) electrons. The van der Waals surface area contributed by atoms with E-state index in [9.17, 15) is 14.7 Å². The fraction of sp³-hybridized carbons (Fsp3) is 0.500. The molecule has 0 saturated heterocycles. The van der Waals surface area contributed by atoms with Gasteiger partial charge in [-0.3, -0.25) is 5.32 Å². The SMILES string of the molecule is CCOC(=O)[C@](C)(O)CNC(=O)Nc1ccc(C)s1. The minimum absolute atomic E-state index is 0.176. The van der Waals surface area contributed by atoms with E-state index in [2.05, 4.69) is 10.6 Å². The topological polar surface area (TPSA) is 87.7 Å². The number of amides is 2. The standard InChI is InChI=1S/C12H18N2O4S/c1-4-18-10(15)12(3,17)7-13-11(16)14-9-6-5-8(2)19-9/h5-6,17H,4,7H2,1-3H3,(H2,13,14,16)/t12-/m1/s1. The summed E-state index contributed by atoms with van der Waals surface area (Å²) < 4.78 is 4.70. The number of rotatable bonds is 5. The number of carbonyl (C=O) groups is 2. The number of esters is 1. The highest BCUT2D eigenvalue weighted by atomic mass is 32.1. The molecule has 0 aliphatic heterocycles. The maximum atomic E-state index is 11.6. The van der Waals surface area contributed by atoms with Crippen LogP contribution in [-0.4, -0.2) is 35.9 Å². The highest BCUT2D eigenvalue weighted by Gasteiger charge is 2.32. The van der Waals surface area contributed by atoms with E-state index in [0.29, 0.717) is 5.00 Å². The molecule has 0 aromatic carbocycles. The first-order chi connectivity index (χ1) is 8.85. The van der Waals surface area contributed by atoms with Crippen LogP contribution < -0.4 is 10.6 Å². The summed E-state index contributed by atoms with van der Waals surface area (Å²) in [6.07, 6.45) is 0. The Morgan fingerprint density at radius 1 is 1.47 bits per heavy atom. The van der Waals surface area contributed by atoms with Crippen LogP contribution in [0.15, 0.2) is 12.1 Å². The van der Waals surface area contributed by atoms with Gasteiger partial charge in [-0.2, -0.15) is 0 Å². The Balaban J connectivity index is 2.43. The average molecular weight is 286 g/mol. The summed E-state index contributed by atoms with van der Waals surface area (Å²) in [6, 6.07) is 3.18. The Labute approximate surface area is 115 Å². The summed E-state index contributed by atoms with van der Waals surface area (Å²) in [6.45, 7) is 4.82. The second kappa shape index (κ2) is 6.53. The van der Waals surface area contributed by atoms with Gasteiger partial charge in [0.1, 0.15) is 0 Å². The molecule has 1 heterocycles. The molecule has 1 aromatic rings. The number of aliphatic hydroxyl groups is 1. The first-order valence-corrected chi connectivity index (χ1v) is 6.67. The summed E-state index contributed by atoms with van der Waals surface area (Å²) in [5.74, 6) is -0.762. The molecule has 0 aliphatic rings. The van der Waals surface area contributed by atoms with Crippen molar-refractivity contribution in [3.05, 3.63) is 17.0 Å². The highest BCUT2D eigenvalue weighted by Crippen LogP contribution is 2.20. The maximum absolute atomic E-state index is 11.6. The molecule has 3 N–H and O–H groups in total. The molecular weight excluding hydrogens is 268 g/mol. The van der Waals surface area contributed by atoms with Crippen molar-refractivity contribution in [3.8, 4) is 0 Å². The largest absolute Gasteiger partial charge is 0.464 e. The van der Waals surface area contributed by atoms with Gasteiger partial charge < -0.3 is 15.2 Å². The van der Waals surface area contributed by atoms with Crippen LogP contribution in [0.1, 0.15) is 18.7 Å². The lowest BCUT2D eigenvalue weighted by molar-refractivity contribution is -0.162. The molecule has 1 aromatic heterocycles. The molecule has 0 saturated carbocycles. The lowest BCUT2D eigenvalue weighted by Crippen LogP contribution is -2.48. The predicted molar refractivity (Wildman–Crippen MR) is 73.3 cm³/mol. The van der Waals surface area contributed by atoms with Gasteiger partial charge >= 0.3 is 12.0 Å². The minimum Gasteiger partial charge on any atom is -0.464 e. The van der Waals surface area contributed by atoms with Crippen LogP contribution in [0, 0.1) is 6.92 Å². The van der Waals surface area contributed by atoms with Crippen LogP contribution in [0.25, 0.3) is 0 Å². The monoisotopic (exact) mass is 286 g/mol. The lowest BCUT2D eigenvalue weighted by atomic mass is 10.1. The predicted octanol–water partition coefficient (Wildman–Crippen LogP) is 1.49. The van der Waals surface area contributed by atoms with Crippen molar-refractivity contribution < 1.29 is 19.4 Å². The van der Waals surface area contributed by atoms with Gasteiger partial charge in [0.05, 0.1) is 18.2 Å². The minimum atomic E-state index is -1.74. The Bertz CT molecular complexity index is 456. The molecular formula is C12H18N2O4S. The zero-order valence-electron chi connectivity index (χ0n) is 11.1. The van der Waals surface area contributed by atoms with Crippen molar-refractivity contribution in [2.75, 3.05) is 18.5 Å². The summed E-state index contributed by atoms with van der Waals surface area (Å²) in [5, 5.41) is 15.6. The Morgan fingerprint density at radius 3 is 2.68 bits per heavy atom. The van der Waals surface area contributed by atoms with E-state index >= 15 is 0 Å². The lowest BCUT2D eigenvalue weighted by Gasteiger charge is -2.21.